The Labute approximate surface area is 129 Å². The maximum absolute atomic E-state index is 14.0. The summed E-state index contributed by atoms with van der Waals surface area (Å²) in [6.45, 7) is 15.3. The van der Waals surface area contributed by atoms with Crippen LogP contribution in [0.3, 0.4) is 0 Å². The van der Waals surface area contributed by atoms with Crippen LogP contribution in [0.4, 0.5) is 4.39 Å². The van der Waals surface area contributed by atoms with Gasteiger partial charge in [-0.2, -0.15) is 0 Å². The van der Waals surface area contributed by atoms with Crippen molar-refractivity contribution in [2.24, 2.45) is 5.41 Å². The standard InChI is InChI=1S/C18H31FN2/c1-17(2,3)13-21(7)12-15-10-14(8-9-16(15)19)11-20-18(4,5)6/h8-10,20H,11-13H2,1-7H3. The van der Waals surface area contributed by atoms with E-state index in [-0.39, 0.29) is 16.8 Å². The summed E-state index contributed by atoms with van der Waals surface area (Å²) in [5.41, 5.74) is 2.19. The van der Waals surface area contributed by atoms with E-state index in [1.54, 1.807) is 6.07 Å². The SMILES string of the molecule is CN(Cc1cc(CNC(C)(C)C)ccc1F)CC(C)(C)C. The molecule has 0 atom stereocenters. The number of hydrogen-bond donors (Lipinski definition) is 1. The van der Waals surface area contributed by atoms with E-state index in [1.807, 2.05) is 19.2 Å². The summed E-state index contributed by atoms with van der Waals surface area (Å²) in [5, 5.41) is 3.44. The van der Waals surface area contributed by atoms with Gasteiger partial charge in [-0.05, 0) is 44.9 Å². The van der Waals surface area contributed by atoms with Crippen LogP contribution in [0.2, 0.25) is 0 Å². The lowest BCUT2D eigenvalue weighted by molar-refractivity contribution is 0.218. The Morgan fingerprint density at radius 1 is 1.10 bits per heavy atom. The summed E-state index contributed by atoms with van der Waals surface area (Å²) in [7, 11) is 2.05. The zero-order valence-electron chi connectivity index (χ0n) is 14.7. The first-order chi connectivity index (χ1) is 9.46. The number of halogens is 1. The Morgan fingerprint density at radius 2 is 1.71 bits per heavy atom. The van der Waals surface area contributed by atoms with Crippen molar-refractivity contribution in [2.75, 3.05) is 13.6 Å². The van der Waals surface area contributed by atoms with Gasteiger partial charge in [0.05, 0.1) is 0 Å². The largest absolute Gasteiger partial charge is 0.308 e. The van der Waals surface area contributed by atoms with Gasteiger partial charge in [0, 0.05) is 30.7 Å². The average Bonchev–Trinajstić information content (AvgIpc) is 2.26. The van der Waals surface area contributed by atoms with Gasteiger partial charge in [0.2, 0.25) is 0 Å². The second-order valence-corrected chi connectivity index (χ2v) is 8.26. The minimum absolute atomic E-state index is 0.0670. The van der Waals surface area contributed by atoms with Crippen molar-refractivity contribution in [3.63, 3.8) is 0 Å². The molecule has 3 heteroatoms. The highest BCUT2D eigenvalue weighted by Gasteiger charge is 2.15. The molecule has 0 radical (unpaired) electrons. The zero-order valence-corrected chi connectivity index (χ0v) is 14.7. The summed E-state index contributed by atoms with van der Waals surface area (Å²) in [5.74, 6) is -0.115. The minimum Gasteiger partial charge on any atom is -0.308 e. The summed E-state index contributed by atoms with van der Waals surface area (Å²) in [4.78, 5) is 2.18. The molecule has 0 spiro atoms. The Morgan fingerprint density at radius 3 is 2.24 bits per heavy atom. The topological polar surface area (TPSA) is 15.3 Å². The van der Waals surface area contributed by atoms with Gasteiger partial charge in [-0.15, -0.1) is 0 Å². The zero-order chi connectivity index (χ0) is 16.3. The Hall–Kier alpha value is -0.930. The van der Waals surface area contributed by atoms with Crippen molar-refractivity contribution >= 4 is 0 Å². The van der Waals surface area contributed by atoms with E-state index < -0.39 is 0 Å². The second-order valence-electron chi connectivity index (χ2n) is 8.26. The molecule has 0 fully saturated rings. The molecule has 0 bridgehead atoms. The normalized spacial score (nSPS) is 13.0. The van der Waals surface area contributed by atoms with E-state index in [9.17, 15) is 4.39 Å². The average molecular weight is 294 g/mol. The van der Waals surface area contributed by atoms with E-state index in [2.05, 4.69) is 51.8 Å². The molecule has 0 amide bonds. The van der Waals surface area contributed by atoms with Crippen molar-refractivity contribution in [2.45, 2.75) is 60.2 Å². The number of hydrogen-bond acceptors (Lipinski definition) is 2. The maximum Gasteiger partial charge on any atom is 0.127 e. The maximum atomic E-state index is 14.0. The molecule has 1 aromatic carbocycles. The van der Waals surface area contributed by atoms with Crippen LogP contribution in [0.1, 0.15) is 52.7 Å². The van der Waals surface area contributed by atoms with Gasteiger partial charge in [-0.1, -0.05) is 32.9 Å². The van der Waals surface area contributed by atoms with Gasteiger partial charge in [-0.3, -0.25) is 0 Å². The molecule has 21 heavy (non-hydrogen) atoms. The van der Waals surface area contributed by atoms with Crippen molar-refractivity contribution in [1.29, 1.82) is 0 Å². The predicted molar refractivity (Wildman–Crippen MR) is 88.8 cm³/mol. The quantitative estimate of drug-likeness (QED) is 0.876. The van der Waals surface area contributed by atoms with Crippen LogP contribution in [-0.2, 0) is 13.1 Å². The molecule has 0 aliphatic carbocycles. The van der Waals surface area contributed by atoms with E-state index in [0.717, 1.165) is 24.2 Å². The first kappa shape index (κ1) is 18.1. The lowest BCUT2D eigenvalue weighted by Crippen LogP contribution is -2.35. The molecular formula is C18H31FN2. The molecule has 0 heterocycles. The fourth-order valence-electron chi connectivity index (χ4n) is 2.38. The van der Waals surface area contributed by atoms with Gasteiger partial charge >= 0.3 is 0 Å². The Kier molecular flexibility index (Phi) is 5.94. The minimum atomic E-state index is -0.115. The molecule has 1 aromatic rings. The van der Waals surface area contributed by atoms with Crippen molar-refractivity contribution < 1.29 is 4.39 Å². The van der Waals surface area contributed by atoms with Gasteiger partial charge in [0.1, 0.15) is 5.82 Å². The van der Waals surface area contributed by atoms with Crippen molar-refractivity contribution in [3.8, 4) is 0 Å². The molecule has 0 saturated heterocycles. The van der Waals surface area contributed by atoms with Crippen LogP contribution in [0.15, 0.2) is 18.2 Å². The molecule has 0 aliphatic rings. The van der Waals surface area contributed by atoms with Gasteiger partial charge in [0.15, 0.2) is 0 Å². The smallest absolute Gasteiger partial charge is 0.127 e. The third kappa shape index (κ3) is 7.58. The van der Waals surface area contributed by atoms with Crippen LogP contribution in [-0.4, -0.2) is 24.0 Å². The van der Waals surface area contributed by atoms with E-state index in [0.29, 0.717) is 6.54 Å². The van der Waals surface area contributed by atoms with Crippen LogP contribution in [0.25, 0.3) is 0 Å². The number of nitrogens with zero attached hydrogens (tertiary/aromatic N) is 1. The highest BCUT2D eigenvalue weighted by Crippen LogP contribution is 2.18. The molecule has 2 nitrogen and oxygen atoms in total. The molecule has 0 aromatic heterocycles. The third-order valence-electron chi connectivity index (χ3n) is 3.12. The highest BCUT2D eigenvalue weighted by molar-refractivity contribution is 5.25. The van der Waals surface area contributed by atoms with Crippen molar-refractivity contribution in [3.05, 3.63) is 35.1 Å². The van der Waals surface area contributed by atoms with Crippen molar-refractivity contribution in [1.82, 2.24) is 10.2 Å². The van der Waals surface area contributed by atoms with E-state index in [4.69, 9.17) is 0 Å². The molecule has 120 valence electrons. The number of nitrogens with one attached hydrogen (secondary N) is 1. The van der Waals surface area contributed by atoms with Crippen LogP contribution in [0, 0.1) is 11.2 Å². The second kappa shape index (κ2) is 6.89. The van der Waals surface area contributed by atoms with E-state index >= 15 is 0 Å². The monoisotopic (exact) mass is 294 g/mol. The number of rotatable bonds is 5. The summed E-state index contributed by atoms with van der Waals surface area (Å²) < 4.78 is 14.0. The highest BCUT2D eigenvalue weighted by atomic mass is 19.1. The molecule has 0 aliphatic heterocycles. The third-order valence-corrected chi connectivity index (χ3v) is 3.12. The molecule has 0 unspecified atom stereocenters. The van der Waals surface area contributed by atoms with Gasteiger partial charge in [-0.25, -0.2) is 4.39 Å². The molecule has 1 rings (SSSR count). The summed E-state index contributed by atoms with van der Waals surface area (Å²) >= 11 is 0. The lowest BCUT2D eigenvalue weighted by Gasteiger charge is -2.27. The fourth-order valence-corrected chi connectivity index (χ4v) is 2.38. The lowest BCUT2D eigenvalue weighted by atomic mass is 9.96. The predicted octanol–water partition coefficient (Wildman–Crippen LogP) is 4.19. The van der Waals surface area contributed by atoms with E-state index in [1.165, 1.54) is 0 Å². The molecular weight excluding hydrogens is 263 g/mol. The number of benzene rings is 1. The first-order valence-electron chi connectivity index (χ1n) is 7.67. The fraction of sp³-hybridized carbons (Fsp3) is 0.667. The van der Waals surface area contributed by atoms with Gasteiger partial charge in [0.25, 0.3) is 0 Å². The Bertz CT molecular complexity index is 455. The van der Waals surface area contributed by atoms with Crippen LogP contribution < -0.4 is 5.32 Å². The van der Waals surface area contributed by atoms with Crippen LogP contribution >= 0.6 is 0 Å². The Balaban J connectivity index is 2.73. The molecule has 0 saturated carbocycles. The first-order valence-corrected chi connectivity index (χ1v) is 7.67. The van der Waals surface area contributed by atoms with Gasteiger partial charge < -0.3 is 10.2 Å². The molecule has 1 N–H and O–H groups in total. The van der Waals surface area contributed by atoms with Crippen LogP contribution in [0.5, 0.6) is 0 Å². The summed E-state index contributed by atoms with van der Waals surface area (Å²) in [6.07, 6.45) is 0. The summed E-state index contributed by atoms with van der Waals surface area (Å²) in [6, 6.07) is 5.43.